The van der Waals surface area contributed by atoms with E-state index < -0.39 is 11.4 Å². The number of ketones is 1. The van der Waals surface area contributed by atoms with Crippen LogP contribution in [0.3, 0.4) is 0 Å². The number of rotatable bonds is 22. The molecule has 0 saturated carbocycles. The van der Waals surface area contributed by atoms with E-state index in [-0.39, 0.29) is 33.7 Å². The quantitative estimate of drug-likeness (QED) is 0.0320. The van der Waals surface area contributed by atoms with Crippen LogP contribution in [0.5, 0.6) is 0 Å². The molecule has 5 heterocycles. The molecule has 0 atom stereocenters. The number of hydrogen-bond donors (Lipinski definition) is 1. The highest BCUT2D eigenvalue weighted by Crippen LogP contribution is 2.50. The lowest BCUT2D eigenvalue weighted by molar-refractivity contribution is -0.438. The maximum absolute atomic E-state index is 14.2. The molecule has 0 bridgehead atoms. The number of nitrogens with zero attached hydrogens (tertiary/aromatic N) is 4. The maximum Gasteiger partial charge on any atom is 0.346 e. The third kappa shape index (κ3) is 9.21. The Morgan fingerprint density at radius 3 is 2.10 bits per heavy atom. The minimum absolute atomic E-state index is 0.185. The first-order valence-corrected chi connectivity index (χ1v) is 26.9. The monoisotopic (exact) mass is 948 g/mol. The Morgan fingerprint density at radius 1 is 0.794 bits per heavy atom. The fourth-order valence-electron chi connectivity index (χ4n) is 10.8. The van der Waals surface area contributed by atoms with Gasteiger partial charge in [-0.3, -0.25) is 4.79 Å². The van der Waals surface area contributed by atoms with Crippen molar-refractivity contribution >= 4 is 78.0 Å². The van der Waals surface area contributed by atoms with E-state index in [1.165, 1.54) is 96.5 Å². The summed E-state index contributed by atoms with van der Waals surface area (Å²) in [7, 11) is 0. The van der Waals surface area contributed by atoms with Gasteiger partial charge in [0.2, 0.25) is 5.69 Å². The van der Waals surface area contributed by atoms with Gasteiger partial charge in [-0.15, -0.1) is 22.7 Å². The number of aryl methyl sites for hydroxylation is 1. The molecule has 0 spiro atoms. The Morgan fingerprint density at radius 2 is 1.44 bits per heavy atom. The van der Waals surface area contributed by atoms with Crippen molar-refractivity contribution < 1.29 is 24.4 Å². The number of carboxylic acid groups (broad SMARTS) is 1. The van der Waals surface area contributed by atoms with Gasteiger partial charge in [0.25, 0.3) is 0 Å². The number of aliphatic carboxylic acids is 1. The number of Topliss-reactive ketones (excluding diaryl/α,β-unsaturated/α-hetero) is 1. The number of para-hydroxylation sites is 1. The lowest BCUT2D eigenvalue weighted by atomic mass is 9.77. The second-order valence-electron chi connectivity index (χ2n) is 20.0. The Kier molecular flexibility index (Phi) is 14.8. The summed E-state index contributed by atoms with van der Waals surface area (Å²) in [5.74, 6) is -1.59. The van der Waals surface area contributed by atoms with E-state index in [1.54, 1.807) is 11.3 Å². The number of likely N-dealkylation sites (N-methyl/N-ethyl adjacent to an activating group) is 1. The molecule has 8 nitrogen and oxygen atoms in total. The molecule has 0 saturated heterocycles. The molecular formula is C58H68N4O4S2. The zero-order valence-corrected chi connectivity index (χ0v) is 42.9. The molecule has 0 radical (unpaired) electrons. The Bertz CT molecular complexity index is 2960. The first kappa shape index (κ1) is 48.9. The summed E-state index contributed by atoms with van der Waals surface area (Å²) < 4.78 is 7.04. The number of fused-ring (bicyclic) bond motifs is 5. The molecule has 1 aliphatic carbocycles. The number of hydrogen-bond acceptors (Lipinski definition) is 7. The SMILES string of the molecule is CCCCCCCCCCCC[N+]1=C(/C=C2/C(=O)C(/C=C3\N(CC)c4ccccc4C3(C)C)=C2[O-])C(C)(C)c2cc(-c3cc4c(s3)c3sc(/C=C(/C#N)C(=O)O)cc3n4CCCCCC)ccc21. The molecule has 8 rings (SSSR count). The van der Waals surface area contributed by atoms with E-state index in [4.69, 9.17) is 0 Å². The lowest BCUT2D eigenvalue weighted by Gasteiger charge is -2.32. The van der Waals surface area contributed by atoms with Gasteiger partial charge in [0.05, 0.1) is 25.8 Å². The average Bonchev–Trinajstić information content (AvgIpc) is 4.10. The van der Waals surface area contributed by atoms with Gasteiger partial charge in [-0.25, -0.2) is 4.79 Å². The summed E-state index contributed by atoms with van der Waals surface area (Å²) >= 11 is 3.29. The van der Waals surface area contributed by atoms with Crippen molar-refractivity contribution in [3.8, 4) is 16.5 Å². The molecule has 0 unspecified atom stereocenters. The number of anilines is 1. The van der Waals surface area contributed by atoms with Crippen molar-refractivity contribution in [1.82, 2.24) is 4.57 Å². The molecular weight excluding hydrogens is 881 g/mol. The van der Waals surface area contributed by atoms with Crippen LogP contribution < -0.4 is 10.0 Å². The largest absolute Gasteiger partial charge is 0.871 e. The first-order valence-electron chi connectivity index (χ1n) is 25.2. The third-order valence-corrected chi connectivity index (χ3v) is 17.1. The Labute approximate surface area is 411 Å². The van der Waals surface area contributed by atoms with E-state index in [1.807, 2.05) is 30.4 Å². The number of nitriles is 1. The highest BCUT2D eigenvalue weighted by atomic mass is 32.1. The van der Waals surface area contributed by atoms with Gasteiger partial charge in [0.1, 0.15) is 18.2 Å². The van der Waals surface area contributed by atoms with Crippen LogP contribution in [-0.4, -0.2) is 44.8 Å². The fraction of sp³-hybridized carbons (Fsp3) is 0.448. The highest BCUT2D eigenvalue weighted by Gasteiger charge is 2.46. The minimum Gasteiger partial charge on any atom is -0.871 e. The highest BCUT2D eigenvalue weighted by molar-refractivity contribution is 7.29. The van der Waals surface area contributed by atoms with Gasteiger partial charge in [-0.2, -0.15) is 9.84 Å². The molecule has 0 fully saturated rings. The van der Waals surface area contributed by atoms with Gasteiger partial charge < -0.3 is 19.7 Å². The topological polar surface area (TPSA) is 112 Å². The lowest BCUT2D eigenvalue weighted by Crippen LogP contribution is -2.35. The first-order chi connectivity index (χ1) is 32.8. The minimum atomic E-state index is -1.22. The van der Waals surface area contributed by atoms with Crippen LogP contribution in [0.4, 0.5) is 11.4 Å². The number of thiophene rings is 2. The fourth-order valence-corrected chi connectivity index (χ4v) is 13.2. The smallest absolute Gasteiger partial charge is 0.346 e. The molecule has 3 aromatic heterocycles. The Balaban J connectivity index is 1.13. The number of carboxylic acids is 1. The van der Waals surface area contributed by atoms with Crippen LogP contribution in [0.25, 0.3) is 36.9 Å². The summed E-state index contributed by atoms with van der Waals surface area (Å²) in [6.45, 7) is 17.8. The van der Waals surface area contributed by atoms with Gasteiger partial charge in [0.15, 0.2) is 11.5 Å². The third-order valence-electron chi connectivity index (χ3n) is 14.7. The predicted molar refractivity (Wildman–Crippen MR) is 281 cm³/mol. The standard InChI is InChI=1S/C58H68N4O4S2/c1-8-11-13-15-16-17-18-19-20-24-30-62-46-28-27-38(49-36-48-55(68-49)54-47(61(48)29-23-14-12-9-2)33-40(67-54)31-39(37-59)56(65)66)32-44(46)58(6,7)51(62)35-42-52(63)41(53(42)64)34-50-57(4,5)43-25-21-22-26-45(43)60(50)10-3/h21-22,25-28,31-36H,8-20,23-24,29-30H2,1-7H3,(H-,63,64,65,66)/b39-31-. The van der Waals surface area contributed by atoms with Crippen LogP contribution in [0, 0.1) is 11.3 Å². The molecule has 10 heteroatoms. The summed E-state index contributed by atoms with van der Waals surface area (Å²) in [6.07, 6.45) is 22.2. The molecule has 1 N–H and O–H groups in total. The second-order valence-corrected chi connectivity index (χ2v) is 22.1. The number of carbonyl (C=O) groups is 2. The molecule has 356 valence electrons. The van der Waals surface area contributed by atoms with Crippen molar-refractivity contribution in [2.24, 2.45) is 0 Å². The number of carbonyl (C=O) groups excluding carboxylic acids is 1. The van der Waals surface area contributed by atoms with E-state index >= 15 is 0 Å². The van der Waals surface area contributed by atoms with Crippen molar-refractivity contribution in [3.63, 3.8) is 0 Å². The molecule has 68 heavy (non-hydrogen) atoms. The summed E-state index contributed by atoms with van der Waals surface area (Å²) in [4.78, 5) is 30.1. The van der Waals surface area contributed by atoms with Crippen molar-refractivity contribution in [2.75, 3.05) is 18.0 Å². The predicted octanol–water partition coefficient (Wildman–Crippen LogP) is 14.3. The van der Waals surface area contributed by atoms with Gasteiger partial charge in [-0.1, -0.05) is 122 Å². The number of unbranched alkanes of at least 4 members (excludes halogenated alkanes) is 12. The molecule has 3 aliphatic rings. The van der Waals surface area contributed by atoms with Crippen LogP contribution >= 0.6 is 22.7 Å². The number of allylic oxidation sites excluding steroid dienone is 5. The van der Waals surface area contributed by atoms with Crippen LogP contribution in [0.1, 0.15) is 154 Å². The average molecular weight is 949 g/mol. The Hall–Kier alpha value is -5.50. The number of benzene rings is 2. The van der Waals surface area contributed by atoms with Crippen molar-refractivity contribution in [3.05, 3.63) is 111 Å². The second kappa shape index (κ2) is 20.6. The molecule has 5 aromatic rings. The van der Waals surface area contributed by atoms with E-state index in [0.29, 0.717) is 0 Å². The molecule has 2 aliphatic heterocycles. The number of aromatic nitrogens is 1. The van der Waals surface area contributed by atoms with Gasteiger partial charge in [0, 0.05) is 74.9 Å². The normalized spacial score (nSPS) is 17.6. The zero-order valence-electron chi connectivity index (χ0n) is 41.2. The van der Waals surface area contributed by atoms with Crippen LogP contribution in [-0.2, 0) is 27.0 Å². The zero-order chi connectivity index (χ0) is 48.3. The summed E-state index contributed by atoms with van der Waals surface area (Å²) in [6, 6.07) is 21.3. The van der Waals surface area contributed by atoms with Crippen LogP contribution in [0.15, 0.2) is 94.9 Å². The van der Waals surface area contributed by atoms with Crippen LogP contribution in [0.2, 0.25) is 0 Å². The van der Waals surface area contributed by atoms with Crippen molar-refractivity contribution in [1.29, 1.82) is 5.26 Å². The van der Waals surface area contributed by atoms with Crippen molar-refractivity contribution in [2.45, 2.75) is 156 Å². The van der Waals surface area contributed by atoms with Gasteiger partial charge >= 0.3 is 5.97 Å². The van der Waals surface area contributed by atoms with E-state index in [0.717, 1.165) is 100 Å². The van der Waals surface area contributed by atoms with E-state index in [2.05, 4.69) is 105 Å². The summed E-state index contributed by atoms with van der Waals surface area (Å²) in [5.41, 5.74) is 9.37. The molecule has 2 aromatic carbocycles. The van der Waals surface area contributed by atoms with Gasteiger partial charge in [-0.05, 0) is 87.2 Å². The maximum atomic E-state index is 14.2. The molecule has 0 amide bonds. The van der Waals surface area contributed by atoms with E-state index in [9.17, 15) is 25.1 Å². The summed E-state index contributed by atoms with van der Waals surface area (Å²) in [5, 5.41) is 33.3.